The van der Waals surface area contributed by atoms with Crippen LogP contribution in [0.1, 0.15) is 35.7 Å². The fourth-order valence-corrected chi connectivity index (χ4v) is 3.33. The number of hydrogen-bond donors (Lipinski definition) is 2. The highest BCUT2D eigenvalue weighted by molar-refractivity contribution is 8.18. The number of rotatable bonds is 7. The Morgan fingerprint density at radius 1 is 1.25 bits per heavy atom. The van der Waals surface area contributed by atoms with E-state index in [0.29, 0.717) is 22.4 Å². The molecule has 3 rings (SSSR count). The first kappa shape index (κ1) is 19.7. The smallest absolute Gasteiger partial charge is 0.335 e. The van der Waals surface area contributed by atoms with Crippen LogP contribution in [0.5, 0.6) is 5.75 Å². The van der Waals surface area contributed by atoms with Crippen LogP contribution in [0.15, 0.2) is 58.4 Å². The molecular weight excluding hydrogens is 376 g/mol. The minimum Gasteiger partial charge on any atom is -0.494 e. The van der Waals surface area contributed by atoms with E-state index in [2.05, 4.69) is 17.2 Å². The molecule has 0 aromatic heterocycles. The Bertz CT molecular complexity index is 953. The third-order valence-corrected chi connectivity index (χ3v) is 4.81. The van der Waals surface area contributed by atoms with Crippen LogP contribution in [0.25, 0.3) is 6.08 Å². The zero-order valence-electron chi connectivity index (χ0n) is 15.3. The van der Waals surface area contributed by atoms with E-state index >= 15 is 0 Å². The van der Waals surface area contributed by atoms with Crippen molar-refractivity contribution in [3.8, 4) is 5.75 Å². The lowest BCUT2D eigenvalue weighted by molar-refractivity contribution is -0.115. The molecule has 0 bridgehead atoms. The van der Waals surface area contributed by atoms with E-state index in [0.717, 1.165) is 24.2 Å². The van der Waals surface area contributed by atoms with Gasteiger partial charge in [0.25, 0.3) is 5.91 Å². The van der Waals surface area contributed by atoms with Crippen molar-refractivity contribution in [2.75, 3.05) is 6.61 Å². The molecule has 1 aliphatic rings. The van der Waals surface area contributed by atoms with Crippen molar-refractivity contribution in [2.24, 2.45) is 4.99 Å². The first-order valence-electron chi connectivity index (χ1n) is 8.91. The van der Waals surface area contributed by atoms with Gasteiger partial charge in [0.05, 0.1) is 22.8 Å². The molecule has 2 aromatic rings. The molecule has 28 heavy (non-hydrogen) atoms. The number of benzene rings is 2. The molecule has 0 atom stereocenters. The van der Waals surface area contributed by atoms with Crippen molar-refractivity contribution in [1.29, 1.82) is 0 Å². The van der Waals surface area contributed by atoms with Gasteiger partial charge in [0.15, 0.2) is 5.17 Å². The zero-order valence-corrected chi connectivity index (χ0v) is 16.2. The summed E-state index contributed by atoms with van der Waals surface area (Å²) in [6.07, 6.45) is 3.84. The molecule has 0 saturated carbocycles. The van der Waals surface area contributed by atoms with E-state index in [-0.39, 0.29) is 11.5 Å². The Morgan fingerprint density at radius 3 is 2.86 bits per heavy atom. The summed E-state index contributed by atoms with van der Waals surface area (Å²) < 4.78 is 5.70. The van der Waals surface area contributed by atoms with Crippen LogP contribution in [0.2, 0.25) is 0 Å². The quantitative estimate of drug-likeness (QED) is 0.533. The Hall–Kier alpha value is -3.06. The number of nitrogens with zero attached hydrogens (tertiary/aromatic N) is 1. The number of carbonyl (C=O) groups is 2. The SMILES string of the molecule is CCCCOc1cccc(/C=C2\SC(=Nc3cccc(C(=O)O)c3)NC2=O)c1. The average molecular weight is 396 g/mol. The van der Waals surface area contributed by atoms with Crippen LogP contribution >= 0.6 is 11.8 Å². The van der Waals surface area contributed by atoms with Crippen LogP contribution in [0.3, 0.4) is 0 Å². The molecule has 1 aliphatic heterocycles. The second kappa shape index (κ2) is 9.23. The molecule has 1 amide bonds. The number of nitrogens with one attached hydrogen (secondary N) is 1. The average Bonchev–Trinajstić information content (AvgIpc) is 3.01. The van der Waals surface area contributed by atoms with E-state index in [1.807, 2.05) is 24.3 Å². The molecule has 7 heteroatoms. The Labute approximate surface area is 167 Å². The summed E-state index contributed by atoms with van der Waals surface area (Å²) in [5.41, 5.74) is 1.47. The molecule has 0 radical (unpaired) electrons. The number of amides is 1. The third-order valence-electron chi connectivity index (χ3n) is 3.90. The Kier molecular flexibility index (Phi) is 6.49. The van der Waals surface area contributed by atoms with Gasteiger partial charge in [-0.05, 0) is 60.2 Å². The van der Waals surface area contributed by atoms with E-state index in [4.69, 9.17) is 9.84 Å². The number of unbranched alkanes of at least 4 members (excludes halogenated alkanes) is 1. The maximum Gasteiger partial charge on any atom is 0.335 e. The molecule has 0 spiro atoms. The van der Waals surface area contributed by atoms with Crippen LogP contribution in [0.4, 0.5) is 5.69 Å². The summed E-state index contributed by atoms with van der Waals surface area (Å²) in [6, 6.07) is 13.8. The van der Waals surface area contributed by atoms with Gasteiger partial charge in [-0.25, -0.2) is 9.79 Å². The van der Waals surface area contributed by atoms with Gasteiger partial charge in [0, 0.05) is 0 Å². The topological polar surface area (TPSA) is 88.0 Å². The Morgan fingerprint density at radius 2 is 2.07 bits per heavy atom. The maximum absolute atomic E-state index is 12.2. The van der Waals surface area contributed by atoms with Crippen molar-refractivity contribution in [3.05, 3.63) is 64.6 Å². The summed E-state index contributed by atoms with van der Waals surface area (Å²) in [5, 5.41) is 12.2. The van der Waals surface area contributed by atoms with Crippen LogP contribution in [-0.4, -0.2) is 28.8 Å². The lowest BCUT2D eigenvalue weighted by atomic mass is 10.2. The third kappa shape index (κ3) is 5.23. The van der Waals surface area contributed by atoms with Gasteiger partial charge in [0.2, 0.25) is 0 Å². The summed E-state index contributed by atoms with van der Waals surface area (Å²) in [6.45, 7) is 2.77. The van der Waals surface area contributed by atoms with Crippen molar-refractivity contribution in [1.82, 2.24) is 5.32 Å². The highest BCUT2D eigenvalue weighted by atomic mass is 32.2. The highest BCUT2D eigenvalue weighted by Crippen LogP contribution is 2.29. The monoisotopic (exact) mass is 396 g/mol. The minimum atomic E-state index is -1.02. The molecule has 2 N–H and O–H groups in total. The van der Waals surface area contributed by atoms with E-state index in [1.165, 1.54) is 23.9 Å². The number of amidine groups is 1. The van der Waals surface area contributed by atoms with Gasteiger partial charge in [-0.1, -0.05) is 31.5 Å². The molecule has 1 heterocycles. The van der Waals surface area contributed by atoms with Crippen LogP contribution in [-0.2, 0) is 4.79 Å². The van der Waals surface area contributed by atoms with E-state index in [1.54, 1.807) is 18.2 Å². The largest absolute Gasteiger partial charge is 0.494 e. The number of carbonyl (C=O) groups excluding carboxylic acids is 1. The predicted molar refractivity (Wildman–Crippen MR) is 111 cm³/mol. The number of thioether (sulfide) groups is 1. The summed E-state index contributed by atoms with van der Waals surface area (Å²) >= 11 is 1.21. The lowest BCUT2D eigenvalue weighted by Crippen LogP contribution is -2.19. The molecular formula is C21H20N2O4S. The minimum absolute atomic E-state index is 0.145. The Balaban J connectivity index is 1.74. The zero-order chi connectivity index (χ0) is 19.9. The fraction of sp³-hybridized carbons (Fsp3) is 0.190. The summed E-state index contributed by atoms with van der Waals surface area (Å²) in [7, 11) is 0. The summed E-state index contributed by atoms with van der Waals surface area (Å²) in [4.78, 5) is 28.2. The lowest BCUT2D eigenvalue weighted by Gasteiger charge is -2.05. The first-order chi connectivity index (χ1) is 13.5. The second-order valence-corrected chi connectivity index (χ2v) is 7.14. The second-order valence-electron chi connectivity index (χ2n) is 6.11. The molecule has 0 unspecified atom stereocenters. The maximum atomic E-state index is 12.2. The van der Waals surface area contributed by atoms with Gasteiger partial charge < -0.3 is 15.2 Å². The molecule has 1 fully saturated rings. The number of aliphatic imine (C=N–C) groups is 1. The molecule has 1 saturated heterocycles. The number of carboxylic acids is 1. The van der Waals surface area contributed by atoms with Gasteiger partial charge in [-0.2, -0.15) is 0 Å². The molecule has 144 valence electrons. The van der Waals surface area contributed by atoms with Crippen molar-refractivity contribution in [3.63, 3.8) is 0 Å². The van der Waals surface area contributed by atoms with E-state index in [9.17, 15) is 9.59 Å². The number of aromatic carboxylic acids is 1. The molecule has 0 aliphatic carbocycles. The number of hydrogen-bond acceptors (Lipinski definition) is 5. The van der Waals surface area contributed by atoms with Gasteiger partial charge in [0.1, 0.15) is 5.75 Å². The highest BCUT2D eigenvalue weighted by Gasteiger charge is 2.23. The van der Waals surface area contributed by atoms with E-state index < -0.39 is 5.97 Å². The summed E-state index contributed by atoms with van der Waals surface area (Å²) in [5.74, 6) is -0.493. The number of ether oxygens (including phenoxy) is 1. The molecule has 6 nitrogen and oxygen atoms in total. The van der Waals surface area contributed by atoms with Crippen LogP contribution in [0, 0.1) is 0 Å². The normalized spacial score (nSPS) is 16.4. The number of carboxylic acid groups (broad SMARTS) is 1. The first-order valence-corrected chi connectivity index (χ1v) is 9.72. The van der Waals surface area contributed by atoms with Crippen molar-refractivity contribution < 1.29 is 19.4 Å². The van der Waals surface area contributed by atoms with Crippen molar-refractivity contribution >= 4 is 40.6 Å². The molecule has 2 aromatic carbocycles. The van der Waals surface area contributed by atoms with Gasteiger partial charge in [-0.3, -0.25) is 4.79 Å². The van der Waals surface area contributed by atoms with Gasteiger partial charge in [-0.15, -0.1) is 0 Å². The standard InChI is InChI=1S/C21H20N2O4S/c1-2-3-10-27-17-9-4-6-14(11-17)12-18-19(24)23-21(28-18)22-16-8-5-7-15(13-16)20(25)26/h4-9,11-13H,2-3,10H2,1H3,(H,25,26)(H,22,23,24)/b18-12-. The van der Waals surface area contributed by atoms with Crippen LogP contribution < -0.4 is 10.1 Å². The predicted octanol–water partition coefficient (Wildman–Crippen LogP) is 4.46. The van der Waals surface area contributed by atoms with Crippen molar-refractivity contribution in [2.45, 2.75) is 19.8 Å². The van der Waals surface area contributed by atoms with Gasteiger partial charge >= 0.3 is 5.97 Å². The fourth-order valence-electron chi connectivity index (χ4n) is 2.49.